The third kappa shape index (κ3) is 3.55. The normalized spacial score (nSPS) is 12.4. The molecule has 1 nitrogen and oxygen atoms in total. The summed E-state index contributed by atoms with van der Waals surface area (Å²) in [6, 6.07) is 11.0. The molecule has 0 fully saturated rings. The van der Waals surface area contributed by atoms with Gasteiger partial charge in [0.1, 0.15) is 11.6 Å². The fourth-order valence-corrected chi connectivity index (χ4v) is 2.82. The van der Waals surface area contributed by atoms with Gasteiger partial charge in [0.2, 0.25) is 0 Å². The molecule has 20 heavy (non-hydrogen) atoms. The molecule has 0 amide bonds. The summed E-state index contributed by atoms with van der Waals surface area (Å²) in [6.07, 6.45) is 0.927. The van der Waals surface area contributed by atoms with Crippen LogP contribution in [0.4, 0.5) is 8.78 Å². The quantitative estimate of drug-likeness (QED) is 0.737. The maximum Gasteiger partial charge on any atom is 0.128 e. The number of hydrogen-bond acceptors (Lipinski definition) is 1. The number of halogens is 3. The van der Waals surface area contributed by atoms with Crippen LogP contribution in [0.3, 0.4) is 0 Å². The Kier molecular flexibility index (Phi) is 5.48. The van der Waals surface area contributed by atoms with Crippen molar-refractivity contribution in [3.05, 3.63) is 68.8 Å². The van der Waals surface area contributed by atoms with Gasteiger partial charge in [0.25, 0.3) is 0 Å². The molecule has 2 aromatic rings. The highest BCUT2D eigenvalue weighted by atomic mass is 127. The number of hydrogen-bond donors (Lipinski definition) is 1. The Morgan fingerprint density at radius 3 is 2.55 bits per heavy atom. The average Bonchev–Trinajstić information content (AvgIpc) is 2.44. The first-order valence-electron chi connectivity index (χ1n) is 6.56. The van der Waals surface area contributed by atoms with Gasteiger partial charge in [0.05, 0.1) is 6.04 Å². The Bertz CT molecular complexity index is 586. The average molecular weight is 387 g/mol. The van der Waals surface area contributed by atoms with E-state index in [9.17, 15) is 8.78 Å². The second-order valence-corrected chi connectivity index (χ2v) is 5.74. The van der Waals surface area contributed by atoms with Crippen molar-refractivity contribution in [2.75, 3.05) is 6.54 Å². The molecule has 1 atom stereocenters. The third-order valence-corrected chi connectivity index (χ3v) is 4.07. The summed E-state index contributed by atoms with van der Waals surface area (Å²) >= 11 is 2.22. The van der Waals surface area contributed by atoms with E-state index in [4.69, 9.17) is 0 Å². The molecule has 1 unspecified atom stereocenters. The van der Waals surface area contributed by atoms with Crippen molar-refractivity contribution < 1.29 is 8.78 Å². The van der Waals surface area contributed by atoms with Crippen LogP contribution >= 0.6 is 22.6 Å². The Morgan fingerprint density at radius 1 is 1.10 bits per heavy atom. The molecular formula is C16H16F2IN. The van der Waals surface area contributed by atoms with E-state index in [1.54, 1.807) is 0 Å². The molecule has 0 saturated heterocycles. The minimum atomic E-state index is -0.421. The van der Waals surface area contributed by atoms with Crippen molar-refractivity contribution in [2.24, 2.45) is 0 Å². The van der Waals surface area contributed by atoms with Gasteiger partial charge in [-0.3, -0.25) is 0 Å². The largest absolute Gasteiger partial charge is 0.306 e. The van der Waals surface area contributed by atoms with Crippen LogP contribution in [0, 0.1) is 15.2 Å². The van der Waals surface area contributed by atoms with Crippen LogP contribution < -0.4 is 5.32 Å². The lowest BCUT2D eigenvalue weighted by atomic mass is 9.98. The summed E-state index contributed by atoms with van der Waals surface area (Å²) in [7, 11) is 0. The molecule has 0 saturated carbocycles. The van der Waals surface area contributed by atoms with Crippen LogP contribution in [0.1, 0.15) is 30.5 Å². The first kappa shape index (κ1) is 15.4. The number of rotatable bonds is 5. The summed E-state index contributed by atoms with van der Waals surface area (Å²) in [5.74, 6) is -0.810. The highest BCUT2D eigenvalue weighted by Crippen LogP contribution is 2.28. The zero-order valence-electron chi connectivity index (χ0n) is 11.2. The van der Waals surface area contributed by atoms with Gasteiger partial charge in [-0.2, -0.15) is 0 Å². The summed E-state index contributed by atoms with van der Waals surface area (Å²) in [5.41, 5.74) is 1.31. The van der Waals surface area contributed by atoms with Crippen LogP contribution in [0.5, 0.6) is 0 Å². The van der Waals surface area contributed by atoms with E-state index in [1.165, 1.54) is 12.1 Å². The Balaban J connectivity index is 2.47. The molecule has 1 N–H and O–H groups in total. The van der Waals surface area contributed by atoms with Crippen molar-refractivity contribution in [3.63, 3.8) is 0 Å². The van der Waals surface area contributed by atoms with Gasteiger partial charge in [0.15, 0.2) is 0 Å². The number of nitrogens with one attached hydrogen (secondary N) is 1. The van der Waals surface area contributed by atoms with Gasteiger partial charge in [-0.25, -0.2) is 8.78 Å². The van der Waals surface area contributed by atoms with Crippen molar-refractivity contribution in [3.8, 4) is 0 Å². The molecule has 2 rings (SSSR count). The second kappa shape index (κ2) is 7.13. The van der Waals surface area contributed by atoms with Crippen molar-refractivity contribution in [1.82, 2.24) is 5.32 Å². The zero-order valence-corrected chi connectivity index (χ0v) is 13.3. The maximum absolute atomic E-state index is 14.1. The van der Waals surface area contributed by atoms with Crippen LogP contribution in [0.2, 0.25) is 0 Å². The molecular weight excluding hydrogens is 371 g/mol. The van der Waals surface area contributed by atoms with E-state index in [0.29, 0.717) is 5.56 Å². The SMILES string of the molecule is CCCNC(c1cc(F)ccc1F)c1ccccc1I. The van der Waals surface area contributed by atoms with Crippen LogP contribution in [-0.4, -0.2) is 6.54 Å². The maximum atomic E-state index is 14.1. The molecule has 0 bridgehead atoms. The van der Waals surface area contributed by atoms with Crippen LogP contribution in [0.15, 0.2) is 42.5 Å². The lowest BCUT2D eigenvalue weighted by Crippen LogP contribution is -2.25. The molecule has 0 heterocycles. The van der Waals surface area contributed by atoms with E-state index in [2.05, 4.69) is 27.9 Å². The molecule has 0 spiro atoms. The van der Waals surface area contributed by atoms with Crippen LogP contribution in [-0.2, 0) is 0 Å². The predicted octanol–water partition coefficient (Wildman–Crippen LogP) is 4.66. The summed E-state index contributed by atoms with van der Waals surface area (Å²) < 4.78 is 28.5. The standard InChI is InChI=1S/C16H16F2IN/c1-2-9-20-16(12-5-3-4-6-15(12)19)13-10-11(17)7-8-14(13)18/h3-8,10,16,20H,2,9H2,1H3. The fraction of sp³-hybridized carbons (Fsp3) is 0.250. The summed E-state index contributed by atoms with van der Waals surface area (Å²) in [6.45, 7) is 2.79. The van der Waals surface area contributed by atoms with Gasteiger partial charge in [0, 0.05) is 9.13 Å². The highest BCUT2D eigenvalue weighted by Gasteiger charge is 2.19. The van der Waals surface area contributed by atoms with Crippen molar-refractivity contribution >= 4 is 22.6 Å². The minimum absolute atomic E-state index is 0.334. The molecule has 0 aliphatic rings. The first-order chi connectivity index (χ1) is 9.63. The number of benzene rings is 2. The topological polar surface area (TPSA) is 12.0 Å². The second-order valence-electron chi connectivity index (χ2n) is 4.57. The third-order valence-electron chi connectivity index (χ3n) is 3.08. The summed E-state index contributed by atoms with van der Waals surface area (Å²) in [4.78, 5) is 0. The van der Waals surface area contributed by atoms with E-state index < -0.39 is 5.82 Å². The summed E-state index contributed by atoms with van der Waals surface area (Å²) in [5, 5.41) is 3.30. The van der Waals surface area contributed by atoms with Gasteiger partial charge in [-0.15, -0.1) is 0 Å². The van der Waals surface area contributed by atoms with Gasteiger partial charge in [-0.05, 0) is 65.4 Å². The first-order valence-corrected chi connectivity index (χ1v) is 7.64. The Morgan fingerprint density at radius 2 is 1.85 bits per heavy atom. The van der Waals surface area contributed by atoms with E-state index in [0.717, 1.165) is 28.2 Å². The molecule has 106 valence electrons. The highest BCUT2D eigenvalue weighted by molar-refractivity contribution is 14.1. The van der Waals surface area contributed by atoms with Gasteiger partial charge >= 0.3 is 0 Å². The molecule has 0 aliphatic heterocycles. The Hall–Kier alpha value is -1.01. The van der Waals surface area contributed by atoms with E-state index >= 15 is 0 Å². The monoisotopic (exact) mass is 387 g/mol. The zero-order chi connectivity index (χ0) is 14.5. The molecule has 0 aliphatic carbocycles. The lowest BCUT2D eigenvalue weighted by molar-refractivity contribution is 0.534. The van der Waals surface area contributed by atoms with Crippen LogP contribution in [0.25, 0.3) is 0 Å². The molecule has 0 aromatic heterocycles. The molecule has 2 aromatic carbocycles. The van der Waals surface area contributed by atoms with Gasteiger partial charge in [-0.1, -0.05) is 25.1 Å². The smallest absolute Gasteiger partial charge is 0.128 e. The predicted molar refractivity (Wildman–Crippen MR) is 85.7 cm³/mol. The minimum Gasteiger partial charge on any atom is -0.306 e. The fourth-order valence-electron chi connectivity index (χ4n) is 2.12. The van der Waals surface area contributed by atoms with E-state index in [-0.39, 0.29) is 11.9 Å². The lowest BCUT2D eigenvalue weighted by Gasteiger charge is -2.21. The van der Waals surface area contributed by atoms with Crippen molar-refractivity contribution in [2.45, 2.75) is 19.4 Å². The van der Waals surface area contributed by atoms with Crippen molar-refractivity contribution in [1.29, 1.82) is 0 Å². The molecule has 4 heteroatoms. The molecule has 0 radical (unpaired) electrons. The van der Waals surface area contributed by atoms with E-state index in [1.807, 2.05) is 31.2 Å². The van der Waals surface area contributed by atoms with Gasteiger partial charge < -0.3 is 5.32 Å². The Labute approximate surface area is 131 Å².